The number of ether oxygens (including phenoxy) is 3. The van der Waals surface area contributed by atoms with Crippen LogP contribution in [0.1, 0.15) is 20.8 Å². The molecule has 3 rings (SSSR count). The lowest BCUT2D eigenvalue weighted by molar-refractivity contribution is -0.100. The van der Waals surface area contributed by atoms with Gasteiger partial charge < -0.3 is 35.5 Å². The van der Waals surface area contributed by atoms with Crippen LogP contribution >= 0.6 is 7.82 Å². The van der Waals surface area contributed by atoms with Gasteiger partial charge in [0.1, 0.15) is 11.2 Å². The number of nitrogens with zero attached hydrogens (tertiary/aromatic N) is 1. The molecule has 2 heterocycles. The number of carbonyl (C=O) groups excluding carboxylic acids is 2. The molecule has 35 heavy (non-hydrogen) atoms. The summed E-state index contributed by atoms with van der Waals surface area (Å²) < 4.78 is 58.1. The smallest absolute Gasteiger partial charge is 0.432 e. The predicted molar refractivity (Wildman–Crippen MR) is 114 cm³/mol. The molecule has 0 radical (unpaired) electrons. The van der Waals surface area contributed by atoms with Crippen LogP contribution in [-0.4, -0.2) is 83.4 Å². The van der Waals surface area contributed by atoms with Crippen LogP contribution in [0.5, 0.6) is 0 Å². The Balaban J connectivity index is 1.73. The van der Waals surface area contributed by atoms with Crippen molar-refractivity contribution in [1.29, 1.82) is 0 Å². The summed E-state index contributed by atoms with van der Waals surface area (Å²) in [5.74, 6) is -1.000. The summed E-state index contributed by atoms with van der Waals surface area (Å²) in [5, 5.41) is 22.6. The lowest BCUT2D eigenvalue weighted by atomic mass is 10.1. The number of phosphoric ester groups is 1. The Morgan fingerprint density at radius 3 is 2.69 bits per heavy atom. The molecule has 0 bridgehead atoms. The van der Waals surface area contributed by atoms with Crippen LogP contribution in [0, 0.1) is 5.92 Å². The maximum Gasteiger partial charge on any atom is 0.510 e. The van der Waals surface area contributed by atoms with E-state index in [1.165, 1.54) is 19.2 Å². The topological polar surface area (TPSA) is 188 Å². The fraction of sp³-hybridized carbons (Fsp3) is 0.684. The van der Waals surface area contributed by atoms with Gasteiger partial charge >= 0.3 is 20.0 Å². The van der Waals surface area contributed by atoms with Gasteiger partial charge in [-0.25, -0.2) is 23.1 Å². The Morgan fingerprint density at radius 2 is 2.11 bits per heavy atom. The first-order valence-electron chi connectivity index (χ1n) is 10.5. The number of hydrogen-bond donors (Lipinski definition) is 4. The number of rotatable bonds is 11. The third-order valence-electron chi connectivity index (χ3n) is 5.62. The number of aliphatic hydroxyl groups is 2. The fourth-order valence-electron chi connectivity index (χ4n) is 4.21. The number of hydrogen-bond acceptors (Lipinski definition) is 12. The van der Waals surface area contributed by atoms with E-state index in [1.807, 2.05) is 0 Å². The normalized spacial score (nSPS) is 35.3. The summed E-state index contributed by atoms with van der Waals surface area (Å²) in [6, 6.07) is -0.761. The summed E-state index contributed by atoms with van der Waals surface area (Å²) >= 11 is 0. The van der Waals surface area contributed by atoms with Crippen molar-refractivity contribution >= 4 is 20.0 Å². The minimum Gasteiger partial charge on any atom is -0.432 e. The zero-order chi connectivity index (χ0) is 26.2. The van der Waals surface area contributed by atoms with Gasteiger partial charge in [0.05, 0.1) is 18.9 Å². The number of alkyl halides is 1. The number of urea groups is 1. The van der Waals surface area contributed by atoms with Crippen LogP contribution in [0.3, 0.4) is 0 Å². The van der Waals surface area contributed by atoms with Crippen LogP contribution < -0.4 is 11.1 Å². The molecule has 0 aromatic heterocycles. The molecule has 2 aliphatic heterocycles. The molecular weight excluding hydrogens is 496 g/mol. The first kappa shape index (κ1) is 27.5. The molecule has 2 fully saturated rings. The first-order chi connectivity index (χ1) is 16.3. The summed E-state index contributed by atoms with van der Waals surface area (Å²) in [5.41, 5.74) is 1.90. The van der Waals surface area contributed by atoms with E-state index in [9.17, 15) is 19.3 Å². The predicted octanol–water partition coefficient (Wildman–Crippen LogP) is 0.807. The maximum absolute atomic E-state index is 15.5. The molecule has 3 aliphatic rings. The number of fused-ring (bicyclic) bond motifs is 1. The van der Waals surface area contributed by atoms with E-state index in [-0.39, 0.29) is 0 Å². The Bertz CT molecular complexity index is 936. The molecule has 2 amide bonds. The standard InChI is InChI=1S/C19H29FN3O11P/c1-10(2)13-18(7-30-35(28,31-8-24)32-9-29-17(26)33-11(3)4)19(13,27)14(20)15(34-18)23-6-5-12(21)22-16(23)25/h5-6,11-15,24,27H,1,7-9,21H2,2-4H3,(H,22,25). The second kappa shape index (κ2) is 10.1. The Hall–Kier alpha value is -2.10. The van der Waals surface area contributed by atoms with E-state index < -0.39 is 82.0 Å². The van der Waals surface area contributed by atoms with Crippen LogP contribution in [-0.2, 0) is 32.3 Å². The summed E-state index contributed by atoms with van der Waals surface area (Å²) in [6.45, 7) is 5.60. The zero-order valence-electron chi connectivity index (χ0n) is 19.3. The molecule has 14 nitrogen and oxygen atoms in total. The highest BCUT2D eigenvalue weighted by Crippen LogP contribution is 2.69. The SMILES string of the molecule is C=C(C)C1C2(COP(=O)(OCO)OCOC(=O)OC(C)C)OC(N3C=CC(N)NC3=O)C(F)C12O. The molecule has 1 saturated heterocycles. The molecule has 5 N–H and O–H groups in total. The zero-order valence-corrected chi connectivity index (χ0v) is 20.2. The van der Waals surface area contributed by atoms with Gasteiger partial charge in [0.15, 0.2) is 19.2 Å². The maximum atomic E-state index is 15.5. The highest BCUT2D eigenvalue weighted by molar-refractivity contribution is 7.48. The quantitative estimate of drug-likeness (QED) is 0.129. The molecule has 1 saturated carbocycles. The molecule has 16 heteroatoms. The van der Waals surface area contributed by atoms with E-state index in [2.05, 4.69) is 21.2 Å². The molecule has 7 atom stereocenters. The fourth-order valence-corrected chi connectivity index (χ4v) is 5.11. The Morgan fingerprint density at radius 1 is 1.43 bits per heavy atom. The average molecular weight is 525 g/mol. The molecule has 7 unspecified atom stereocenters. The number of halogens is 1. The second-order valence-corrected chi connectivity index (χ2v) is 10.1. The van der Waals surface area contributed by atoms with Crippen LogP contribution in [0.25, 0.3) is 0 Å². The van der Waals surface area contributed by atoms with E-state index >= 15 is 4.39 Å². The third kappa shape index (κ3) is 5.08. The molecule has 1 aliphatic carbocycles. The highest BCUT2D eigenvalue weighted by atomic mass is 31.2. The van der Waals surface area contributed by atoms with E-state index in [0.29, 0.717) is 5.57 Å². The van der Waals surface area contributed by atoms with E-state index in [4.69, 9.17) is 29.4 Å². The molecule has 0 aromatic carbocycles. The molecule has 0 spiro atoms. The summed E-state index contributed by atoms with van der Waals surface area (Å²) in [4.78, 5) is 24.6. The average Bonchev–Trinajstić information content (AvgIpc) is 3.21. The van der Waals surface area contributed by atoms with Crippen molar-refractivity contribution in [3.8, 4) is 0 Å². The van der Waals surface area contributed by atoms with Crippen molar-refractivity contribution in [3.05, 3.63) is 24.4 Å². The minimum atomic E-state index is -4.61. The monoisotopic (exact) mass is 525 g/mol. The van der Waals surface area contributed by atoms with Gasteiger partial charge in [-0.3, -0.25) is 13.9 Å². The number of nitrogens with two attached hydrogens (primary N) is 1. The lowest BCUT2D eigenvalue weighted by Gasteiger charge is -2.33. The van der Waals surface area contributed by atoms with Gasteiger partial charge in [-0.05, 0) is 26.8 Å². The van der Waals surface area contributed by atoms with E-state index in [0.717, 1.165) is 4.90 Å². The number of carbonyl (C=O) groups is 2. The van der Waals surface area contributed by atoms with Crippen molar-refractivity contribution in [3.63, 3.8) is 0 Å². The molecular formula is C19H29FN3O11P. The van der Waals surface area contributed by atoms with Crippen molar-refractivity contribution in [2.75, 3.05) is 20.2 Å². The van der Waals surface area contributed by atoms with Crippen molar-refractivity contribution in [2.45, 2.75) is 56.6 Å². The second-order valence-electron chi connectivity index (χ2n) is 8.42. The largest absolute Gasteiger partial charge is 0.510 e. The lowest BCUT2D eigenvalue weighted by Crippen LogP contribution is -2.55. The molecule has 198 valence electrons. The van der Waals surface area contributed by atoms with Crippen LogP contribution in [0.4, 0.5) is 14.0 Å². The number of aliphatic hydroxyl groups excluding tert-OH is 1. The van der Waals surface area contributed by atoms with Gasteiger partial charge in [0.25, 0.3) is 0 Å². The minimum absolute atomic E-state index is 0.330. The van der Waals surface area contributed by atoms with Crippen molar-refractivity contribution in [1.82, 2.24) is 10.2 Å². The van der Waals surface area contributed by atoms with Crippen LogP contribution in [0.2, 0.25) is 0 Å². The van der Waals surface area contributed by atoms with Gasteiger partial charge in [-0.15, -0.1) is 0 Å². The highest BCUT2D eigenvalue weighted by Gasteiger charge is 2.88. The third-order valence-corrected chi connectivity index (χ3v) is 6.92. The van der Waals surface area contributed by atoms with Gasteiger partial charge in [-0.1, -0.05) is 12.2 Å². The van der Waals surface area contributed by atoms with Gasteiger partial charge in [0, 0.05) is 12.1 Å². The summed E-state index contributed by atoms with van der Waals surface area (Å²) in [7, 11) is -4.61. The van der Waals surface area contributed by atoms with Crippen molar-refractivity contribution < 1.29 is 56.5 Å². The van der Waals surface area contributed by atoms with E-state index in [1.54, 1.807) is 13.8 Å². The summed E-state index contributed by atoms with van der Waals surface area (Å²) in [6.07, 6.45) is -3.49. The number of amides is 2. The first-order valence-corrected chi connectivity index (χ1v) is 12.0. The van der Waals surface area contributed by atoms with Gasteiger partial charge in [-0.2, -0.15) is 0 Å². The van der Waals surface area contributed by atoms with Crippen molar-refractivity contribution in [2.24, 2.45) is 11.7 Å². The Kier molecular flexibility index (Phi) is 7.94. The molecule has 0 aromatic rings. The number of phosphoric acid groups is 1. The van der Waals surface area contributed by atoms with Crippen LogP contribution in [0.15, 0.2) is 24.4 Å². The Labute approximate surface area is 200 Å². The number of nitrogens with one attached hydrogen (secondary N) is 1. The van der Waals surface area contributed by atoms with Gasteiger partial charge in [0.2, 0.25) is 6.79 Å².